The molecule has 0 fully saturated rings. The summed E-state index contributed by atoms with van der Waals surface area (Å²) >= 11 is 0. The Bertz CT molecular complexity index is 141. The minimum Gasteiger partial charge on any atom is -0.327 e. The van der Waals surface area contributed by atoms with Crippen LogP contribution >= 0.6 is 7.14 Å². The fourth-order valence-corrected chi connectivity index (χ4v) is 2.43. The Hall–Kier alpha value is 0.190. The van der Waals surface area contributed by atoms with E-state index in [0.29, 0.717) is 6.16 Å². The van der Waals surface area contributed by atoms with Crippen LogP contribution in [0.5, 0.6) is 0 Å². The predicted octanol–water partition coefficient (Wildman–Crippen LogP) is 2.13. The van der Waals surface area contributed by atoms with Gasteiger partial charge in [-0.15, -0.1) is 0 Å². The van der Waals surface area contributed by atoms with E-state index in [4.69, 9.17) is 5.73 Å². The third-order valence-electron chi connectivity index (χ3n) is 1.60. The first-order chi connectivity index (χ1) is 4.95. The van der Waals surface area contributed by atoms with Gasteiger partial charge in [-0.3, -0.25) is 0 Å². The first-order valence-corrected chi connectivity index (χ1v) is 7.04. The molecule has 3 heteroatoms. The Morgan fingerprint density at radius 1 is 1.45 bits per heavy atom. The zero-order chi connectivity index (χ0) is 8.91. The van der Waals surface area contributed by atoms with Gasteiger partial charge in [0.1, 0.15) is 0 Å². The van der Waals surface area contributed by atoms with Crippen molar-refractivity contribution in [3.8, 4) is 0 Å². The average Bonchev–Trinajstić information content (AvgIpc) is 1.79. The van der Waals surface area contributed by atoms with Crippen LogP contribution in [-0.2, 0) is 4.57 Å². The van der Waals surface area contributed by atoms with E-state index in [1.54, 1.807) is 13.3 Å². The molecule has 0 heterocycles. The molecule has 0 aliphatic rings. The second-order valence-corrected chi connectivity index (χ2v) is 7.17. The molecule has 11 heavy (non-hydrogen) atoms. The van der Waals surface area contributed by atoms with Crippen molar-refractivity contribution in [1.29, 1.82) is 0 Å². The van der Waals surface area contributed by atoms with E-state index in [1.807, 2.05) is 0 Å². The van der Waals surface area contributed by atoms with Crippen molar-refractivity contribution < 1.29 is 4.57 Å². The smallest absolute Gasteiger partial charge is 0.0834 e. The molecular weight excluding hydrogens is 157 g/mol. The van der Waals surface area contributed by atoms with Crippen LogP contribution in [-0.4, -0.2) is 25.5 Å². The van der Waals surface area contributed by atoms with Crippen LogP contribution < -0.4 is 5.73 Å². The largest absolute Gasteiger partial charge is 0.327 e. The first-order valence-electron chi connectivity index (χ1n) is 4.25. The summed E-state index contributed by atoms with van der Waals surface area (Å²) in [5.41, 5.74) is 5.77. The van der Waals surface area contributed by atoms with Crippen LogP contribution in [0, 0.1) is 0 Å². The SMILES string of the molecule is CCCCC(N)CP(C)(C)=O. The van der Waals surface area contributed by atoms with Crippen molar-refractivity contribution in [2.45, 2.75) is 32.2 Å². The predicted molar refractivity (Wildman–Crippen MR) is 51.8 cm³/mol. The van der Waals surface area contributed by atoms with E-state index in [-0.39, 0.29) is 6.04 Å². The van der Waals surface area contributed by atoms with E-state index < -0.39 is 7.14 Å². The van der Waals surface area contributed by atoms with Crippen LogP contribution in [0.25, 0.3) is 0 Å². The van der Waals surface area contributed by atoms with E-state index >= 15 is 0 Å². The third kappa shape index (κ3) is 8.09. The number of hydrogen-bond donors (Lipinski definition) is 1. The topological polar surface area (TPSA) is 43.1 Å². The molecule has 1 atom stereocenters. The molecule has 0 saturated heterocycles. The fraction of sp³-hybridized carbons (Fsp3) is 1.00. The van der Waals surface area contributed by atoms with E-state index in [0.717, 1.165) is 12.8 Å². The molecule has 0 bridgehead atoms. The van der Waals surface area contributed by atoms with Crippen LogP contribution in [0.15, 0.2) is 0 Å². The normalized spacial score (nSPS) is 14.9. The summed E-state index contributed by atoms with van der Waals surface area (Å²) < 4.78 is 11.3. The maximum Gasteiger partial charge on any atom is 0.0834 e. The van der Waals surface area contributed by atoms with Crippen molar-refractivity contribution in [1.82, 2.24) is 0 Å². The molecule has 0 aliphatic carbocycles. The van der Waals surface area contributed by atoms with Crippen molar-refractivity contribution in [3.63, 3.8) is 0 Å². The van der Waals surface area contributed by atoms with Crippen LogP contribution in [0.4, 0.5) is 0 Å². The summed E-state index contributed by atoms with van der Waals surface area (Å²) in [6.45, 7) is 5.75. The summed E-state index contributed by atoms with van der Waals surface area (Å²) in [6.07, 6.45) is 4.04. The van der Waals surface area contributed by atoms with Gasteiger partial charge >= 0.3 is 0 Å². The molecule has 0 rings (SSSR count). The van der Waals surface area contributed by atoms with Crippen molar-refractivity contribution in [3.05, 3.63) is 0 Å². The first kappa shape index (κ1) is 11.2. The van der Waals surface area contributed by atoms with Crippen molar-refractivity contribution >= 4 is 7.14 Å². The highest BCUT2D eigenvalue weighted by Gasteiger charge is 2.12. The lowest BCUT2D eigenvalue weighted by Gasteiger charge is -2.13. The second-order valence-electron chi connectivity index (χ2n) is 3.66. The zero-order valence-electron chi connectivity index (χ0n) is 7.84. The van der Waals surface area contributed by atoms with Gasteiger partial charge in [-0.1, -0.05) is 19.8 Å². The molecule has 68 valence electrons. The lowest BCUT2D eigenvalue weighted by molar-refractivity contribution is 0.565. The summed E-state index contributed by atoms with van der Waals surface area (Å²) in [7, 11) is -1.89. The van der Waals surface area contributed by atoms with Gasteiger partial charge in [-0.2, -0.15) is 0 Å². The highest BCUT2D eigenvalue weighted by molar-refractivity contribution is 7.62. The van der Waals surface area contributed by atoms with Crippen molar-refractivity contribution in [2.24, 2.45) is 5.73 Å². The standard InChI is InChI=1S/C8H20NOP/c1-4-5-6-8(9)7-11(2,3)10/h8H,4-7,9H2,1-3H3. The van der Waals surface area contributed by atoms with E-state index in [9.17, 15) is 4.57 Å². The summed E-state index contributed by atoms with van der Waals surface area (Å²) in [6, 6.07) is 0.149. The highest BCUT2D eigenvalue weighted by Crippen LogP contribution is 2.36. The molecule has 0 radical (unpaired) electrons. The Morgan fingerprint density at radius 3 is 2.36 bits per heavy atom. The minimum atomic E-state index is -1.89. The molecule has 2 nitrogen and oxygen atoms in total. The number of hydrogen-bond acceptors (Lipinski definition) is 2. The summed E-state index contributed by atoms with van der Waals surface area (Å²) in [4.78, 5) is 0. The zero-order valence-corrected chi connectivity index (χ0v) is 8.73. The van der Waals surface area contributed by atoms with Crippen LogP contribution in [0.3, 0.4) is 0 Å². The average molecular weight is 177 g/mol. The Kier molecular flexibility index (Phi) is 5.03. The molecule has 2 N–H and O–H groups in total. The molecule has 0 aromatic heterocycles. The maximum atomic E-state index is 11.3. The quantitative estimate of drug-likeness (QED) is 0.654. The highest BCUT2D eigenvalue weighted by atomic mass is 31.2. The lowest BCUT2D eigenvalue weighted by Crippen LogP contribution is -2.23. The number of unbranched alkanes of at least 4 members (excludes halogenated alkanes) is 1. The molecule has 0 spiro atoms. The molecule has 1 unspecified atom stereocenters. The van der Waals surface area contributed by atoms with Gasteiger partial charge in [0.25, 0.3) is 0 Å². The van der Waals surface area contributed by atoms with Gasteiger partial charge in [0.15, 0.2) is 0 Å². The second kappa shape index (κ2) is 4.95. The number of nitrogens with two attached hydrogens (primary N) is 1. The van der Waals surface area contributed by atoms with Crippen LogP contribution in [0.1, 0.15) is 26.2 Å². The molecule has 0 amide bonds. The minimum absolute atomic E-state index is 0.149. The fourth-order valence-electron chi connectivity index (χ4n) is 1.12. The van der Waals surface area contributed by atoms with E-state index in [2.05, 4.69) is 6.92 Å². The van der Waals surface area contributed by atoms with Gasteiger partial charge in [0.2, 0.25) is 0 Å². The third-order valence-corrected chi connectivity index (χ3v) is 2.95. The Labute approximate surface area is 69.9 Å². The molecular formula is C8H20NOP. The molecule has 0 aromatic rings. The Balaban J connectivity index is 3.52. The Morgan fingerprint density at radius 2 is 2.00 bits per heavy atom. The molecule has 0 saturated carbocycles. The van der Waals surface area contributed by atoms with Crippen molar-refractivity contribution in [2.75, 3.05) is 19.5 Å². The van der Waals surface area contributed by atoms with Crippen LogP contribution in [0.2, 0.25) is 0 Å². The molecule has 0 aliphatic heterocycles. The summed E-state index contributed by atoms with van der Waals surface area (Å²) in [5.74, 6) is 0. The van der Waals surface area contributed by atoms with Gasteiger partial charge in [-0.05, 0) is 19.8 Å². The monoisotopic (exact) mass is 177 g/mol. The lowest BCUT2D eigenvalue weighted by atomic mass is 10.2. The van der Waals surface area contributed by atoms with Gasteiger partial charge in [-0.25, -0.2) is 0 Å². The number of rotatable bonds is 5. The molecule has 0 aromatic carbocycles. The maximum absolute atomic E-state index is 11.3. The van der Waals surface area contributed by atoms with E-state index in [1.165, 1.54) is 6.42 Å². The van der Waals surface area contributed by atoms with Gasteiger partial charge < -0.3 is 10.3 Å². The summed E-state index contributed by atoms with van der Waals surface area (Å²) in [5, 5.41) is 0. The van der Waals surface area contributed by atoms with Gasteiger partial charge in [0, 0.05) is 12.2 Å². The van der Waals surface area contributed by atoms with Gasteiger partial charge in [0.05, 0.1) is 7.14 Å².